The number of carbonyl (C=O) groups is 2. The Hall–Kier alpha value is -2.02. The predicted molar refractivity (Wildman–Crippen MR) is 103 cm³/mol. The summed E-state index contributed by atoms with van der Waals surface area (Å²) in [4.78, 5) is 29.9. The van der Waals surface area contributed by atoms with Gasteiger partial charge >= 0.3 is 0 Å². The van der Waals surface area contributed by atoms with Crippen LogP contribution in [0.1, 0.15) is 42.3 Å². The maximum absolute atomic E-state index is 12.2. The molecule has 4 nitrogen and oxygen atoms in total. The molecule has 0 saturated carbocycles. The van der Waals surface area contributed by atoms with Crippen LogP contribution in [0.2, 0.25) is 5.02 Å². The largest absolute Gasteiger partial charge is 0.297 e. The second-order valence-electron chi connectivity index (χ2n) is 5.53. The number of aromatic nitrogens is 1. The number of hydrogen-bond acceptors (Lipinski definition) is 5. The number of nitrogens with zero attached hydrogens (tertiary/aromatic N) is 1. The van der Waals surface area contributed by atoms with Crippen molar-refractivity contribution in [1.82, 2.24) is 4.98 Å². The molecular formula is C18H15ClN2O2S2. The van der Waals surface area contributed by atoms with Gasteiger partial charge in [0.2, 0.25) is 0 Å². The number of thiophene rings is 1. The molecule has 1 N–H and O–H groups in total. The minimum Gasteiger partial charge on any atom is -0.297 e. The van der Waals surface area contributed by atoms with Gasteiger partial charge in [0.15, 0.2) is 10.9 Å². The van der Waals surface area contributed by atoms with Crippen molar-refractivity contribution in [3.63, 3.8) is 0 Å². The van der Waals surface area contributed by atoms with E-state index in [1.54, 1.807) is 18.3 Å². The summed E-state index contributed by atoms with van der Waals surface area (Å²) < 4.78 is 0. The summed E-state index contributed by atoms with van der Waals surface area (Å²) in [5.41, 5.74) is 2.07. The lowest BCUT2D eigenvalue weighted by molar-refractivity contribution is 0.101. The second kappa shape index (κ2) is 7.47. The van der Waals surface area contributed by atoms with Crippen molar-refractivity contribution >= 4 is 51.1 Å². The van der Waals surface area contributed by atoms with Crippen LogP contribution in [0.15, 0.2) is 36.5 Å². The lowest BCUT2D eigenvalue weighted by Crippen LogP contribution is -2.09. The highest BCUT2D eigenvalue weighted by Crippen LogP contribution is 2.27. The van der Waals surface area contributed by atoms with Crippen molar-refractivity contribution in [3.8, 4) is 0 Å². The summed E-state index contributed by atoms with van der Waals surface area (Å²) >= 11 is 8.92. The molecule has 2 heterocycles. The molecule has 0 aliphatic carbocycles. The zero-order chi connectivity index (χ0) is 18.0. The maximum Gasteiger partial charge on any atom is 0.267 e. The van der Waals surface area contributed by atoms with Gasteiger partial charge in [-0.1, -0.05) is 29.8 Å². The second-order valence-corrected chi connectivity index (χ2v) is 8.11. The fourth-order valence-electron chi connectivity index (χ4n) is 2.29. The first kappa shape index (κ1) is 17.8. The van der Waals surface area contributed by atoms with Gasteiger partial charge in [0.05, 0.1) is 9.75 Å². The zero-order valence-electron chi connectivity index (χ0n) is 13.6. The number of Topliss-reactive ketones (excluding diaryl/α,β-unsaturated/α-hetero) is 1. The molecule has 0 saturated heterocycles. The summed E-state index contributed by atoms with van der Waals surface area (Å²) in [5, 5.41) is 4.07. The van der Waals surface area contributed by atoms with Gasteiger partial charge in [0, 0.05) is 22.5 Å². The highest BCUT2D eigenvalue weighted by Gasteiger charge is 2.14. The number of amides is 1. The van der Waals surface area contributed by atoms with Crippen molar-refractivity contribution < 1.29 is 9.59 Å². The monoisotopic (exact) mass is 390 g/mol. The fourth-order valence-corrected chi connectivity index (χ4v) is 4.11. The summed E-state index contributed by atoms with van der Waals surface area (Å²) in [6.07, 6.45) is 2.41. The third kappa shape index (κ3) is 4.15. The smallest absolute Gasteiger partial charge is 0.267 e. The molecule has 128 valence electrons. The molecule has 0 bridgehead atoms. The first-order valence-corrected chi connectivity index (χ1v) is 9.56. The van der Waals surface area contributed by atoms with Crippen molar-refractivity contribution in [3.05, 3.63) is 67.3 Å². The number of rotatable bonds is 5. The van der Waals surface area contributed by atoms with E-state index in [0.717, 1.165) is 21.0 Å². The van der Waals surface area contributed by atoms with E-state index in [1.165, 1.54) is 29.6 Å². The average Bonchev–Trinajstić information content (AvgIpc) is 3.21. The van der Waals surface area contributed by atoms with Crippen LogP contribution in [0.3, 0.4) is 0 Å². The van der Waals surface area contributed by atoms with Crippen LogP contribution in [0.5, 0.6) is 0 Å². The summed E-state index contributed by atoms with van der Waals surface area (Å²) in [6.45, 7) is 3.46. The molecule has 3 aromatic rings. The van der Waals surface area contributed by atoms with Crippen LogP contribution in [0, 0.1) is 6.92 Å². The molecular weight excluding hydrogens is 376 g/mol. The highest BCUT2D eigenvalue weighted by molar-refractivity contribution is 7.17. The van der Waals surface area contributed by atoms with Gasteiger partial charge in [0.25, 0.3) is 5.91 Å². The maximum atomic E-state index is 12.2. The highest BCUT2D eigenvalue weighted by atomic mass is 35.5. The number of halogens is 1. The quantitative estimate of drug-likeness (QED) is 0.608. The van der Waals surface area contributed by atoms with E-state index in [0.29, 0.717) is 21.3 Å². The third-order valence-electron chi connectivity index (χ3n) is 3.59. The van der Waals surface area contributed by atoms with Gasteiger partial charge in [-0.2, -0.15) is 0 Å². The van der Waals surface area contributed by atoms with E-state index >= 15 is 0 Å². The third-order valence-corrected chi connectivity index (χ3v) is 6.23. The molecule has 0 aliphatic rings. The lowest BCUT2D eigenvalue weighted by atomic mass is 10.1. The fraction of sp³-hybridized carbons (Fsp3) is 0.167. The molecule has 25 heavy (non-hydrogen) atoms. The SMILES string of the molecule is CC(=O)c1ccc(C(=O)Nc2ncc(Cc3cccc(C)c3Cl)s2)s1. The Bertz CT molecular complexity index is 946. The summed E-state index contributed by atoms with van der Waals surface area (Å²) in [7, 11) is 0. The topological polar surface area (TPSA) is 59.1 Å². The van der Waals surface area contributed by atoms with Crippen LogP contribution in [-0.2, 0) is 6.42 Å². The first-order chi connectivity index (χ1) is 11.9. The number of ketones is 1. The molecule has 0 atom stereocenters. The summed E-state index contributed by atoms with van der Waals surface area (Å²) in [5.74, 6) is -0.303. The van der Waals surface area contributed by atoms with Crippen molar-refractivity contribution in [2.75, 3.05) is 5.32 Å². The van der Waals surface area contributed by atoms with Gasteiger partial charge in [0.1, 0.15) is 0 Å². The first-order valence-electron chi connectivity index (χ1n) is 7.55. The molecule has 7 heteroatoms. The number of anilines is 1. The Balaban J connectivity index is 1.69. The Labute approximate surface area is 158 Å². The minimum atomic E-state index is -0.257. The number of thiazole rings is 1. The van der Waals surface area contributed by atoms with Gasteiger partial charge in [-0.05, 0) is 37.1 Å². The van der Waals surface area contributed by atoms with E-state index in [-0.39, 0.29) is 11.7 Å². The number of aryl methyl sites for hydroxylation is 1. The van der Waals surface area contributed by atoms with Crippen LogP contribution >= 0.6 is 34.3 Å². The Kier molecular flexibility index (Phi) is 5.32. The van der Waals surface area contributed by atoms with E-state index in [9.17, 15) is 9.59 Å². The van der Waals surface area contributed by atoms with E-state index in [4.69, 9.17) is 11.6 Å². The molecule has 1 aromatic carbocycles. The lowest BCUT2D eigenvalue weighted by Gasteiger charge is -2.04. The van der Waals surface area contributed by atoms with Crippen LogP contribution in [0.25, 0.3) is 0 Å². The van der Waals surface area contributed by atoms with Gasteiger partial charge in [-0.3, -0.25) is 14.9 Å². The van der Waals surface area contributed by atoms with E-state index in [2.05, 4.69) is 10.3 Å². The van der Waals surface area contributed by atoms with Crippen molar-refractivity contribution in [1.29, 1.82) is 0 Å². The van der Waals surface area contributed by atoms with Gasteiger partial charge in [-0.25, -0.2) is 4.98 Å². The number of carbonyl (C=O) groups excluding carboxylic acids is 2. The van der Waals surface area contributed by atoms with Crippen LogP contribution < -0.4 is 5.32 Å². The van der Waals surface area contributed by atoms with Crippen molar-refractivity contribution in [2.45, 2.75) is 20.3 Å². The molecule has 2 aromatic heterocycles. The van der Waals surface area contributed by atoms with Gasteiger partial charge < -0.3 is 0 Å². The molecule has 0 spiro atoms. The van der Waals surface area contributed by atoms with E-state index in [1.807, 2.05) is 25.1 Å². The molecule has 1 amide bonds. The van der Waals surface area contributed by atoms with Crippen molar-refractivity contribution in [2.24, 2.45) is 0 Å². The van der Waals surface area contributed by atoms with Crippen LogP contribution in [0.4, 0.5) is 5.13 Å². The predicted octanol–water partition coefficient (Wildman–Crippen LogP) is 5.21. The number of benzene rings is 1. The molecule has 0 aliphatic heterocycles. The zero-order valence-corrected chi connectivity index (χ0v) is 16.0. The molecule has 0 unspecified atom stereocenters. The Morgan fingerprint density at radius 3 is 2.64 bits per heavy atom. The normalized spacial score (nSPS) is 10.7. The molecule has 0 radical (unpaired) electrons. The number of nitrogens with one attached hydrogen (secondary N) is 1. The number of hydrogen-bond donors (Lipinski definition) is 1. The molecule has 3 rings (SSSR count). The standard InChI is InChI=1S/C18H15ClN2O2S2/c1-10-4-3-5-12(16(10)19)8-13-9-20-18(24-13)21-17(23)15-7-6-14(25-15)11(2)22/h3-7,9H,8H2,1-2H3,(H,20,21,23). The molecule has 0 fully saturated rings. The Morgan fingerprint density at radius 1 is 1.16 bits per heavy atom. The van der Waals surface area contributed by atoms with Gasteiger partial charge in [-0.15, -0.1) is 22.7 Å². The van der Waals surface area contributed by atoms with E-state index < -0.39 is 0 Å². The minimum absolute atomic E-state index is 0.0457. The Morgan fingerprint density at radius 2 is 1.92 bits per heavy atom. The summed E-state index contributed by atoms with van der Waals surface area (Å²) in [6, 6.07) is 9.25. The average molecular weight is 391 g/mol. The van der Waals surface area contributed by atoms with Crippen LogP contribution in [-0.4, -0.2) is 16.7 Å².